The van der Waals surface area contributed by atoms with Crippen molar-refractivity contribution in [3.63, 3.8) is 0 Å². The molecule has 1 aliphatic carbocycles. The third-order valence-electron chi connectivity index (χ3n) is 4.29. The summed E-state index contributed by atoms with van der Waals surface area (Å²) in [5, 5.41) is 0. The van der Waals surface area contributed by atoms with Gasteiger partial charge in [-0.1, -0.05) is 40.0 Å². The fourth-order valence-electron chi connectivity index (χ4n) is 2.71. The Morgan fingerprint density at radius 2 is 1.75 bits per heavy atom. The lowest BCUT2D eigenvalue weighted by molar-refractivity contribution is 0.232. The highest BCUT2D eigenvalue weighted by Gasteiger charge is 2.34. The highest BCUT2D eigenvalue weighted by Crippen LogP contribution is 2.26. The summed E-state index contributed by atoms with van der Waals surface area (Å²) in [5.41, 5.74) is 5.54. The molecular weight excluding hydrogens is 274 g/mol. The highest BCUT2D eigenvalue weighted by atomic mass is 32.2. The quantitative estimate of drug-likeness (QED) is 0.780. The minimum absolute atomic E-state index is 0.156. The van der Waals surface area contributed by atoms with Gasteiger partial charge in [0.2, 0.25) is 0 Å². The standard InChI is InChI=1S/C14H31N3O2S/c1-5-17(12-14(2,3)11-15)20(18,19)16(4)13-9-7-6-8-10-13/h13H,5-12,15H2,1-4H3. The molecule has 0 aromatic carbocycles. The Kier molecular flexibility index (Phi) is 6.44. The van der Waals surface area contributed by atoms with Gasteiger partial charge in [0, 0.05) is 26.2 Å². The zero-order valence-electron chi connectivity index (χ0n) is 13.4. The molecule has 1 aliphatic rings. The molecule has 5 nitrogen and oxygen atoms in total. The Morgan fingerprint density at radius 3 is 2.20 bits per heavy atom. The van der Waals surface area contributed by atoms with Gasteiger partial charge in [-0.15, -0.1) is 0 Å². The summed E-state index contributed by atoms with van der Waals surface area (Å²) in [5.74, 6) is 0. The molecule has 6 heteroatoms. The second-order valence-corrected chi connectivity index (χ2v) is 8.60. The van der Waals surface area contributed by atoms with E-state index < -0.39 is 10.2 Å². The molecular formula is C14H31N3O2S. The van der Waals surface area contributed by atoms with E-state index in [1.807, 2.05) is 20.8 Å². The molecule has 1 saturated carbocycles. The summed E-state index contributed by atoms with van der Waals surface area (Å²) in [6.45, 7) is 7.34. The molecule has 0 radical (unpaired) electrons. The zero-order valence-corrected chi connectivity index (χ0v) is 14.2. The lowest BCUT2D eigenvalue weighted by atomic mass is 9.94. The first-order valence-corrected chi connectivity index (χ1v) is 9.07. The van der Waals surface area contributed by atoms with Gasteiger partial charge in [0.05, 0.1) is 0 Å². The normalized spacial score (nSPS) is 18.9. The van der Waals surface area contributed by atoms with Gasteiger partial charge in [0.15, 0.2) is 0 Å². The van der Waals surface area contributed by atoms with E-state index in [0.717, 1.165) is 25.7 Å². The van der Waals surface area contributed by atoms with E-state index in [-0.39, 0.29) is 11.5 Å². The van der Waals surface area contributed by atoms with E-state index in [4.69, 9.17) is 5.73 Å². The minimum atomic E-state index is -3.38. The molecule has 0 aliphatic heterocycles. The molecule has 120 valence electrons. The summed E-state index contributed by atoms with van der Waals surface area (Å²) in [6.07, 6.45) is 5.44. The highest BCUT2D eigenvalue weighted by molar-refractivity contribution is 7.86. The Morgan fingerprint density at radius 1 is 1.20 bits per heavy atom. The van der Waals surface area contributed by atoms with Gasteiger partial charge in [-0.25, -0.2) is 0 Å². The van der Waals surface area contributed by atoms with Crippen LogP contribution in [0.2, 0.25) is 0 Å². The topological polar surface area (TPSA) is 66.6 Å². The summed E-state index contributed by atoms with van der Waals surface area (Å²) in [6, 6.07) is 0.156. The van der Waals surface area contributed by atoms with Crippen LogP contribution < -0.4 is 5.73 Å². The Labute approximate surface area is 124 Å². The lowest BCUT2D eigenvalue weighted by Gasteiger charge is -2.37. The molecule has 1 rings (SSSR count). The van der Waals surface area contributed by atoms with Crippen LogP contribution in [0.1, 0.15) is 52.9 Å². The van der Waals surface area contributed by atoms with Gasteiger partial charge in [-0.05, 0) is 24.8 Å². The first-order valence-electron chi connectivity index (χ1n) is 7.68. The fourth-order valence-corrected chi connectivity index (χ4v) is 4.50. The third kappa shape index (κ3) is 4.41. The van der Waals surface area contributed by atoms with Gasteiger partial charge < -0.3 is 5.73 Å². The predicted octanol–water partition coefficient (Wildman–Crippen LogP) is 1.80. The molecule has 0 atom stereocenters. The average Bonchev–Trinajstić information content (AvgIpc) is 2.44. The van der Waals surface area contributed by atoms with Gasteiger partial charge in [0.25, 0.3) is 10.2 Å². The van der Waals surface area contributed by atoms with Crippen molar-refractivity contribution >= 4 is 10.2 Å². The molecule has 0 bridgehead atoms. The monoisotopic (exact) mass is 305 g/mol. The van der Waals surface area contributed by atoms with Crippen LogP contribution in [0.4, 0.5) is 0 Å². The van der Waals surface area contributed by atoms with Crippen molar-refractivity contribution in [3.8, 4) is 0 Å². The molecule has 0 unspecified atom stereocenters. The van der Waals surface area contributed by atoms with Crippen molar-refractivity contribution in [2.24, 2.45) is 11.1 Å². The molecule has 20 heavy (non-hydrogen) atoms. The van der Waals surface area contributed by atoms with Crippen molar-refractivity contribution in [2.45, 2.75) is 58.9 Å². The first-order chi connectivity index (χ1) is 9.24. The maximum absolute atomic E-state index is 12.8. The van der Waals surface area contributed by atoms with Crippen molar-refractivity contribution in [3.05, 3.63) is 0 Å². The Bertz CT molecular complexity index is 389. The Balaban J connectivity index is 2.82. The van der Waals surface area contributed by atoms with Crippen LogP contribution in [-0.2, 0) is 10.2 Å². The molecule has 0 spiro atoms. The van der Waals surface area contributed by atoms with E-state index in [2.05, 4.69) is 0 Å². The van der Waals surface area contributed by atoms with E-state index in [9.17, 15) is 8.42 Å². The van der Waals surface area contributed by atoms with E-state index in [1.54, 1.807) is 15.7 Å². The second-order valence-electron chi connectivity index (χ2n) is 6.61. The number of nitrogens with two attached hydrogens (primary N) is 1. The number of hydrogen-bond acceptors (Lipinski definition) is 3. The van der Waals surface area contributed by atoms with Gasteiger partial charge in [0.1, 0.15) is 0 Å². The van der Waals surface area contributed by atoms with Crippen LogP contribution in [0.5, 0.6) is 0 Å². The molecule has 2 N–H and O–H groups in total. The summed E-state index contributed by atoms with van der Waals surface area (Å²) in [7, 11) is -1.66. The Hall–Kier alpha value is -0.170. The molecule has 0 heterocycles. The average molecular weight is 305 g/mol. The van der Waals surface area contributed by atoms with Crippen LogP contribution in [0.25, 0.3) is 0 Å². The van der Waals surface area contributed by atoms with E-state index in [1.165, 1.54) is 6.42 Å². The van der Waals surface area contributed by atoms with Crippen LogP contribution in [-0.4, -0.2) is 49.8 Å². The van der Waals surface area contributed by atoms with E-state index >= 15 is 0 Å². The van der Waals surface area contributed by atoms with Crippen LogP contribution in [0.3, 0.4) is 0 Å². The maximum Gasteiger partial charge on any atom is 0.281 e. The molecule has 0 saturated heterocycles. The minimum Gasteiger partial charge on any atom is -0.330 e. The first kappa shape index (κ1) is 17.9. The van der Waals surface area contributed by atoms with Gasteiger partial charge >= 0.3 is 0 Å². The van der Waals surface area contributed by atoms with Gasteiger partial charge in [-0.2, -0.15) is 17.0 Å². The largest absolute Gasteiger partial charge is 0.330 e. The maximum atomic E-state index is 12.8. The molecule has 0 aromatic rings. The summed E-state index contributed by atoms with van der Waals surface area (Å²) >= 11 is 0. The lowest BCUT2D eigenvalue weighted by Crippen LogP contribution is -2.50. The fraction of sp³-hybridized carbons (Fsp3) is 1.00. The van der Waals surface area contributed by atoms with Crippen molar-refractivity contribution in [1.82, 2.24) is 8.61 Å². The van der Waals surface area contributed by atoms with E-state index in [0.29, 0.717) is 19.6 Å². The third-order valence-corrected chi connectivity index (χ3v) is 6.35. The smallest absolute Gasteiger partial charge is 0.281 e. The van der Waals surface area contributed by atoms with Gasteiger partial charge in [-0.3, -0.25) is 0 Å². The zero-order chi connectivity index (χ0) is 15.4. The van der Waals surface area contributed by atoms with Crippen molar-refractivity contribution in [1.29, 1.82) is 0 Å². The number of hydrogen-bond donors (Lipinski definition) is 1. The second kappa shape index (κ2) is 7.20. The number of nitrogens with zero attached hydrogens (tertiary/aromatic N) is 2. The summed E-state index contributed by atoms with van der Waals surface area (Å²) in [4.78, 5) is 0. The van der Waals surface area contributed by atoms with Crippen molar-refractivity contribution in [2.75, 3.05) is 26.7 Å². The van der Waals surface area contributed by atoms with Crippen LogP contribution in [0, 0.1) is 5.41 Å². The van der Waals surface area contributed by atoms with Crippen molar-refractivity contribution < 1.29 is 8.42 Å². The SMILES string of the molecule is CCN(CC(C)(C)CN)S(=O)(=O)N(C)C1CCCCC1. The predicted molar refractivity (Wildman–Crippen MR) is 83.6 cm³/mol. The molecule has 0 amide bonds. The molecule has 0 aromatic heterocycles. The molecule has 1 fully saturated rings. The van der Waals surface area contributed by atoms with Crippen LogP contribution >= 0.6 is 0 Å². The summed E-state index contributed by atoms with van der Waals surface area (Å²) < 4.78 is 28.7. The van der Waals surface area contributed by atoms with Crippen LogP contribution in [0.15, 0.2) is 0 Å². The number of rotatable bonds is 7.